The Morgan fingerprint density at radius 2 is 2.11 bits per heavy atom. The highest BCUT2D eigenvalue weighted by molar-refractivity contribution is 5.74. The lowest BCUT2D eigenvalue weighted by atomic mass is 10.2. The van der Waals surface area contributed by atoms with Gasteiger partial charge in [0.25, 0.3) is 0 Å². The van der Waals surface area contributed by atoms with E-state index < -0.39 is 23.6 Å². The molecule has 1 rings (SSSR count). The molecule has 0 saturated carbocycles. The van der Waals surface area contributed by atoms with Crippen LogP contribution in [0.3, 0.4) is 0 Å². The molecule has 0 amide bonds. The van der Waals surface area contributed by atoms with Crippen LogP contribution in [-0.2, 0) is 4.79 Å². The fourth-order valence-corrected chi connectivity index (χ4v) is 1.44. The van der Waals surface area contributed by atoms with Crippen LogP contribution in [-0.4, -0.2) is 37.8 Å². The van der Waals surface area contributed by atoms with Gasteiger partial charge in [-0.05, 0) is 0 Å². The Kier molecular flexibility index (Phi) is 4.43. The van der Waals surface area contributed by atoms with Gasteiger partial charge in [-0.25, -0.2) is 8.78 Å². The summed E-state index contributed by atoms with van der Waals surface area (Å²) in [6.45, 7) is -0.141. The molecule has 0 aliphatic carbocycles. The second-order valence-corrected chi connectivity index (χ2v) is 3.76. The third-order valence-electron chi connectivity index (χ3n) is 2.42. The third-order valence-corrected chi connectivity index (χ3v) is 2.42. The Labute approximate surface area is 103 Å². The van der Waals surface area contributed by atoms with Gasteiger partial charge >= 0.3 is 5.97 Å². The fraction of sp³-hybridized carbons (Fsp3) is 0.364. The fourth-order valence-electron chi connectivity index (χ4n) is 1.44. The summed E-state index contributed by atoms with van der Waals surface area (Å²) in [5, 5.41) is 8.64. The van der Waals surface area contributed by atoms with E-state index in [1.165, 1.54) is 19.1 Å². The van der Waals surface area contributed by atoms with Gasteiger partial charge in [0.2, 0.25) is 0 Å². The van der Waals surface area contributed by atoms with Gasteiger partial charge in [-0.3, -0.25) is 4.79 Å². The standard InChI is InChI=1S/C11H14F2N2O3/c1-15(5-8(14)11(16)17)9-3-7(13)10(18-2)4-6(9)12/h3-4,8H,5,14H2,1-2H3,(H,16,17). The molecule has 0 bridgehead atoms. The van der Waals surface area contributed by atoms with Crippen LogP contribution in [0.15, 0.2) is 12.1 Å². The minimum Gasteiger partial charge on any atom is -0.494 e. The van der Waals surface area contributed by atoms with Crippen LogP contribution in [0.2, 0.25) is 0 Å². The van der Waals surface area contributed by atoms with Crippen LogP contribution >= 0.6 is 0 Å². The molecule has 0 saturated heterocycles. The van der Waals surface area contributed by atoms with Gasteiger partial charge in [0.15, 0.2) is 11.6 Å². The van der Waals surface area contributed by atoms with Crippen LogP contribution in [0.5, 0.6) is 5.75 Å². The quantitative estimate of drug-likeness (QED) is 0.819. The number of methoxy groups -OCH3 is 1. The molecule has 1 aromatic rings. The van der Waals surface area contributed by atoms with Crippen molar-refractivity contribution in [3.05, 3.63) is 23.8 Å². The third kappa shape index (κ3) is 3.07. The first-order valence-electron chi connectivity index (χ1n) is 5.09. The van der Waals surface area contributed by atoms with E-state index in [9.17, 15) is 13.6 Å². The summed E-state index contributed by atoms with van der Waals surface area (Å²) >= 11 is 0. The molecule has 18 heavy (non-hydrogen) atoms. The van der Waals surface area contributed by atoms with Gasteiger partial charge in [0, 0.05) is 25.7 Å². The summed E-state index contributed by atoms with van der Waals surface area (Å²) in [6, 6.07) is 0.649. The highest BCUT2D eigenvalue weighted by Crippen LogP contribution is 2.26. The van der Waals surface area contributed by atoms with E-state index in [0.717, 1.165) is 12.1 Å². The van der Waals surface area contributed by atoms with Crippen molar-refractivity contribution in [1.82, 2.24) is 0 Å². The van der Waals surface area contributed by atoms with E-state index in [1.807, 2.05) is 0 Å². The molecule has 1 unspecified atom stereocenters. The molecule has 3 N–H and O–H groups in total. The summed E-state index contributed by atoms with van der Waals surface area (Å²) in [7, 11) is 2.65. The number of carboxylic acids is 1. The monoisotopic (exact) mass is 260 g/mol. The van der Waals surface area contributed by atoms with Crippen LogP contribution in [0, 0.1) is 11.6 Å². The minimum absolute atomic E-state index is 0.0787. The molecular formula is C11H14F2N2O3. The second-order valence-electron chi connectivity index (χ2n) is 3.76. The number of carbonyl (C=O) groups is 1. The maximum absolute atomic E-state index is 13.6. The largest absolute Gasteiger partial charge is 0.494 e. The second kappa shape index (κ2) is 5.63. The molecule has 0 aliphatic rings. The number of halogens is 2. The van der Waals surface area contributed by atoms with Gasteiger partial charge in [0.05, 0.1) is 12.8 Å². The number of hydrogen-bond acceptors (Lipinski definition) is 4. The molecular weight excluding hydrogens is 246 g/mol. The molecule has 100 valence electrons. The van der Waals surface area contributed by atoms with E-state index in [4.69, 9.17) is 10.8 Å². The minimum atomic E-state index is -1.21. The molecule has 0 fully saturated rings. The van der Waals surface area contributed by atoms with Crippen molar-refractivity contribution < 1.29 is 23.4 Å². The predicted molar refractivity (Wildman–Crippen MR) is 61.8 cm³/mol. The number of likely N-dealkylation sites (N-methyl/N-ethyl adjacent to an activating group) is 1. The number of hydrogen-bond donors (Lipinski definition) is 2. The van der Waals surface area contributed by atoms with Crippen molar-refractivity contribution in [2.45, 2.75) is 6.04 Å². The number of aliphatic carboxylic acids is 1. The Morgan fingerprint density at radius 3 is 2.61 bits per heavy atom. The lowest BCUT2D eigenvalue weighted by Crippen LogP contribution is -2.41. The van der Waals surface area contributed by atoms with Gasteiger partial charge in [0.1, 0.15) is 11.9 Å². The van der Waals surface area contributed by atoms with Crippen LogP contribution < -0.4 is 15.4 Å². The van der Waals surface area contributed by atoms with Gasteiger partial charge in [-0.1, -0.05) is 0 Å². The number of nitrogens with two attached hydrogens (primary N) is 1. The average Bonchev–Trinajstić information content (AvgIpc) is 2.31. The number of anilines is 1. The Bertz CT molecular complexity index is 454. The lowest BCUT2D eigenvalue weighted by Gasteiger charge is -2.22. The Morgan fingerprint density at radius 1 is 1.50 bits per heavy atom. The summed E-state index contributed by atoms with van der Waals surface area (Å²) in [5.41, 5.74) is 5.24. The first kappa shape index (κ1) is 14.2. The average molecular weight is 260 g/mol. The lowest BCUT2D eigenvalue weighted by molar-refractivity contribution is -0.138. The van der Waals surface area contributed by atoms with Crippen LogP contribution in [0.25, 0.3) is 0 Å². The van der Waals surface area contributed by atoms with Gasteiger partial charge in [-0.15, -0.1) is 0 Å². The summed E-state index contributed by atoms with van der Waals surface area (Å²) in [6.07, 6.45) is 0. The topological polar surface area (TPSA) is 75.8 Å². The number of rotatable bonds is 5. The highest BCUT2D eigenvalue weighted by atomic mass is 19.1. The summed E-state index contributed by atoms with van der Waals surface area (Å²) < 4.78 is 31.7. The molecule has 1 atom stereocenters. The molecule has 5 nitrogen and oxygen atoms in total. The van der Waals surface area contributed by atoms with E-state index in [2.05, 4.69) is 4.74 Å². The van der Waals surface area contributed by atoms with Crippen LogP contribution in [0.4, 0.5) is 14.5 Å². The van der Waals surface area contributed by atoms with Crippen molar-refractivity contribution in [3.8, 4) is 5.75 Å². The van der Waals surface area contributed by atoms with Crippen molar-refractivity contribution in [1.29, 1.82) is 0 Å². The highest BCUT2D eigenvalue weighted by Gasteiger charge is 2.18. The van der Waals surface area contributed by atoms with E-state index in [0.29, 0.717) is 0 Å². The molecule has 0 heterocycles. The predicted octanol–water partition coefficient (Wildman–Crippen LogP) is 0.822. The SMILES string of the molecule is COc1cc(F)c(N(C)CC(N)C(=O)O)cc1F. The molecule has 7 heteroatoms. The summed E-state index contributed by atoms with van der Waals surface area (Å²) in [4.78, 5) is 11.8. The maximum Gasteiger partial charge on any atom is 0.322 e. The van der Waals surface area contributed by atoms with Gasteiger partial charge < -0.3 is 20.5 Å². The first-order valence-corrected chi connectivity index (χ1v) is 5.09. The van der Waals surface area contributed by atoms with Crippen molar-refractivity contribution in [2.24, 2.45) is 5.73 Å². The van der Waals surface area contributed by atoms with Crippen molar-refractivity contribution >= 4 is 11.7 Å². The van der Waals surface area contributed by atoms with Crippen molar-refractivity contribution in [3.63, 3.8) is 0 Å². The number of carboxylic acid groups (broad SMARTS) is 1. The Hall–Kier alpha value is -1.89. The van der Waals surface area contributed by atoms with E-state index in [-0.39, 0.29) is 18.0 Å². The molecule has 0 spiro atoms. The normalized spacial score (nSPS) is 12.1. The Balaban J connectivity index is 2.96. The maximum atomic E-state index is 13.6. The smallest absolute Gasteiger partial charge is 0.322 e. The molecule has 1 aromatic carbocycles. The van der Waals surface area contributed by atoms with Crippen molar-refractivity contribution in [2.75, 3.05) is 25.6 Å². The molecule has 0 radical (unpaired) electrons. The molecule has 0 aromatic heterocycles. The zero-order chi connectivity index (χ0) is 13.9. The zero-order valence-electron chi connectivity index (χ0n) is 9.98. The summed E-state index contributed by atoms with van der Waals surface area (Å²) in [5.74, 6) is -2.87. The van der Waals surface area contributed by atoms with E-state index in [1.54, 1.807) is 0 Å². The van der Waals surface area contributed by atoms with E-state index >= 15 is 0 Å². The van der Waals surface area contributed by atoms with Gasteiger partial charge in [-0.2, -0.15) is 0 Å². The molecule has 0 aliphatic heterocycles. The van der Waals surface area contributed by atoms with Crippen LogP contribution in [0.1, 0.15) is 0 Å². The zero-order valence-corrected chi connectivity index (χ0v) is 9.98. The number of ether oxygens (including phenoxy) is 1. The number of nitrogens with zero attached hydrogens (tertiary/aromatic N) is 1. The number of benzene rings is 1. The first-order chi connectivity index (χ1) is 8.36.